The predicted molar refractivity (Wildman–Crippen MR) is 80.3 cm³/mol. The lowest BCUT2D eigenvalue weighted by atomic mass is 9.90. The molecule has 0 amide bonds. The van der Waals surface area contributed by atoms with E-state index in [4.69, 9.17) is 23.2 Å². The van der Waals surface area contributed by atoms with Crippen molar-refractivity contribution in [1.29, 1.82) is 5.26 Å². The zero-order chi connectivity index (χ0) is 14.7. The number of aryl methyl sites for hydroxylation is 1. The summed E-state index contributed by atoms with van der Waals surface area (Å²) in [5.41, 5.74) is 1.75. The third kappa shape index (κ3) is 2.85. The lowest BCUT2D eigenvalue weighted by Crippen LogP contribution is -2.13. The Morgan fingerprint density at radius 1 is 1.20 bits per heavy atom. The number of carbonyl (C=O) groups is 1. The Bertz CT molecular complexity index is 704. The van der Waals surface area contributed by atoms with E-state index in [-0.39, 0.29) is 5.78 Å². The van der Waals surface area contributed by atoms with E-state index < -0.39 is 5.92 Å². The normalized spacial score (nSPS) is 11.7. The molecular formula is C16H11Cl2NO. The average Bonchev–Trinajstić information content (AvgIpc) is 2.44. The van der Waals surface area contributed by atoms with E-state index in [9.17, 15) is 10.1 Å². The minimum atomic E-state index is -0.930. The third-order valence-corrected chi connectivity index (χ3v) is 3.65. The van der Waals surface area contributed by atoms with Gasteiger partial charge in [0.1, 0.15) is 5.92 Å². The molecule has 2 aromatic carbocycles. The molecule has 1 atom stereocenters. The van der Waals surface area contributed by atoms with Gasteiger partial charge in [0.05, 0.1) is 6.07 Å². The van der Waals surface area contributed by atoms with Crippen LogP contribution in [0.5, 0.6) is 0 Å². The van der Waals surface area contributed by atoms with Crippen molar-refractivity contribution in [1.82, 2.24) is 0 Å². The summed E-state index contributed by atoms with van der Waals surface area (Å²) in [6.07, 6.45) is 0. The van der Waals surface area contributed by atoms with E-state index in [1.54, 1.807) is 42.5 Å². The number of ketones is 1. The van der Waals surface area contributed by atoms with Crippen molar-refractivity contribution in [2.75, 3.05) is 0 Å². The summed E-state index contributed by atoms with van der Waals surface area (Å²) < 4.78 is 0. The molecule has 2 aromatic rings. The van der Waals surface area contributed by atoms with Gasteiger partial charge in [-0.1, -0.05) is 47.5 Å². The molecule has 4 heteroatoms. The molecule has 1 unspecified atom stereocenters. The quantitative estimate of drug-likeness (QED) is 0.765. The fraction of sp³-hybridized carbons (Fsp3) is 0.125. The highest BCUT2D eigenvalue weighted by atomic mass is 35.5. The van der Waals surface area contributed by atoms with Crippen LogP contribution in [-0.2, 0) is 0 Å². The van der Waals surface area contributed by atoms with Crippen molar-refractivity contribution in [2.24, 2.45) is 0 Å². The number of nitriles is 1. The van der Waals surface area contributed by atoms with Crippen LogP contribution in [0.15, 0.2) is 42.5 Å². The van der Waals surface area contributed by atoms with Crippen molar-refractivity contribution in [3.8, 4) is 6.07 Å². The largest absolute Gasteiger partial charge is 0.292 e. The van der Waals surface area contributed by atoms with E-state index in [1.165, 1.54) is 0 Å². The van der Waals surface area contributed by atoms with Crippen LogP contribution in [0.4, 0.5) is 0 Å². The van der Waals surface area contributed by atoms with Crippen LogP contribution < -0.4 is 0 Å². The molecule has 100 valence electrons. The van der Waals surface area contributed by atoms with E-state index in [2.05, 4.69) is 0 Å². The number of hydrogen-bond acceptors (Lipinski definition) is 2. The number of carbonyl (C=O) groups excluding carboxylic acids is 1. The summed E-state index contributed by atoms with van der Waals surface area (Å²) in [4.78, 5) is 12.6. The zero-order valence-electron chi connectivity index (χ0n) is 10.7. The molecule has 0 aromatic heterocycles. The first-order valence-electron chi connectivity index (χ1n) is 5.99. The van der Waals surface area contributed by atoms with Gasteiger partial charge in [-0.25, -0.2) is 0 Å². The molecule has 0 aliphatic rings. The Hall–Kier alpha value is -1.82. The van der Waals surface area contributed by atoms with Gasteiger partial charge in [0, 0.05) is 15.6 Å². The van der Waals surface area contributed by atoms with Crippen molar-refractivity contribution < 1.29 is 4.79 Å². The fourth-order valence-electron chi connectivity index (χ4n) is 1.99. The molecule has 20 heavy (non-hydrogen) atoms. The second-order valence-electron chi connectivity index (χ2n) is 4.41. The summed E-state index contributed by atoms with van der Waals surface area (Å²) in [7, 11) is 0. The fourth-order valence-corrected chi connectivity index (χ4v) is 2.41. The molecule has 0 radical (unpaired) electrons. The highest BCUT2D eigenvalue weighted by molar-refractivity contribution is 6.32. The van der Waals surface area contributed by atoms with Crippen LogP contribution in [0.1, 0.15) is 27.4 Å². The predicted octanol–water partition coefficient (Wildman–Crippen LogP) is 4.79. The van der Waals surface area contributed by atoms with Gasteiger partial charge in [-0.15, -0.1) is 0 Å². The molecular weight excluding hydrogens is 293 g/mol. The van der Waals surface area contributed by atoms with Crippen LogP contribution in [0, 0.1) is 18.3 Å². The Morgan fingerprint density at radius 3 is 2.55 bits per heavy atom. The first-order chi connectivity index (χ1) is 9.54. The summed E-state index contributed by atoms with van der Waals surface area (Å²) in [6.45, 7) is 1.81. The Labute approximate surface area is 127 Å². The maximum atomic E-state index is 12.6. The molecule has 0 aliphatic heterocycles. The number of Topliss-reactive ketones (excluding diaryl/α,β-unsaturated/α-hetero) is 1. The smallest absolute Gasteiger partial charge is 0.184 e. The van der Waals surface area contributed by atoms with Crippen molar-refractivity contribution in [2.45, 2.75) is 12.8 Å². The zero-order valence-corrected chi connectivity index (χ0v) is 12.2. The van der Waals surface area contributed by atoms with Gasteiger partial charge in [-0.2, -0.15) is 5.26 Å². The third-order valence-electron chi connectivity index (χ3n) is 3.07. The highest BCUT2D eigenvalue weighted by Crippen LogP contribution is 2.28. The molecule has 0 aliphatic carbocycles. The van der Waals surface area contributed by atoms with Crippen LogP contribution in [0.2, 0.25) is 10.0 Å². The van der Waals surface area contributed by atoms with Gasteiger partial charge in [-0.3, -0.25) is 4.79 Å². The van der Waals surface area contributed by atoms with Gasteiger partial charge in [-0.05, 0) is 36.2 Å². The van der Waals surface area contributed by atoms with Crippen LogP contribution in [-0.4, -0.2) is 5.78 Å². The number of benzene rings is 2. The standard InChI is InChI=1S/C16H11Cl2NO/c1-10-6-7-11(17)8-13(10)16(20)14(9-19)12-4-2-3-5-15(12)18/h2-8,14H,1H3. The molecule has 0 saturated heterocycles. The van der Waals surface area contributed by atoms with E-state index in [0.717, 1.165) is 5.56 Å². The maximum absolute atomic E-state index is 12.6. The molecule has 0 N–H and O–H groups in total. The van der Waals surface area contributed by atoms with Gasteiger partial charge in [0.25, 0.3) is 0 Å². The summed E-state index contributed by atoms with van der Waals surface area (Å²) in [5.74, 6) is -1.22. The minimum absolute atomic E-state index is 0.291. The van der Waals surface area contributed by atoms with Crippen molar-refractivity contribution in [3.63, 3.8) is 0 Å². The minimum Gasteiger partial charge on any atom is -0.292 e. The van der Waals surface area contributed by atoms with Crippen molar-refractivity contribution in [3.05, 3.63) is 69.2 Å². The second kappa shape index (κ2) is 6.09. The van der Waals surface area contributed by atoms with E-state index >= 15 is 0 Å². The molecule has 2 rings (SSSR count). The number of nitrogens with zero attached hydrogens (tertiary/aromatic N) is 1. The first-order valence-corrected chi connectivity index (χ1v) is 6.74. The number of halogens is 2. The van der Waals surface area contributed by atoms with E-state index in [0.29, 0.717) is 21.2 Å². The SMILES string of the molecule is Cc1ccc(Cl)cc1C(=O)C(C#N)c1ccccc1Cl. The molecule has 0 heterocycles. The average molecular weight is 304 g/mol. The Kier molecular flexibility index (Phi) is 4.44. The van der Waals surface area contributed by atoms with Gasteiger partial charge >= 0.3 is 0 Å². The first kappa shape index (κ1) is 14.6. The molecule has 0 spiro atoms. The van der Waals surface area contributed by atoms with Gasteiger partial charge in [0.15, 0.2) is 5.78 Å². The maximum Gasteiger partial charge on any atom is 0.184 e. The Morgan fingerprint density at radius 2 is 1.90 bits per heavy atom. The highest BCUT2D eigenvalue weighted by Gasteiger charge is 2.25. The molecule has 0 saturated carbocycles. The Balaban J connectivity index is 2.48. The lowest BCUT2D eigenvalue weighted by Gasteiger charge is -2.12. The number of hydrogen-bond donors (Lipinski definition) is 0. The van der Waals surface area contributed by atoms with Gasteiger partial charge in [0.2, 0.25) is 0 Å². The molecule has 0 bridgehead atoms. The second-order valence-corrected chi connectivity index (χ2v) is 5.25. The lowest BCUT2D eigenvalue weighted by molar-refractivity contribution is 0.0978. The summed E-state index contributed by atoms with van der Waals surface area (Å²) >= 11 is 12.0. The topological polar surface area (TPSA) is 40.9 Å². The van der Waals surface area contributed by atoms with Crippen molar-refractivity contribution >= 4 is 29.0 Å². The van der Waals surface area contributed by atoms with Crippen LogP contribution in [0.25, 0.3) is 0 Å². The number of rotatable bonds is 3. The van der Waals surface area contributed by atoms with E-state index in [1.807, 2.05) is 13.0 Å². The van der Waals surface area contributed by atoms with Gasteiger partial charge < -0.3 is 0 Å². The van der Waals surface area contributed by atoms with Crippen LogP contribution >= 0.6 is 23.2 Å². The molecule has 2 nitrogen and oxygen atoms in total. The molecule has 0 fully saturated rings. The summed E-state index contributed by atoms with van der Waals surface area (Å²) in [5, 5.41) is 10.2. The van der Waals surface area contributed by atoms with Crippen LogP contribution in [0.3, 0.4) is 0 Å². The monoisotopic (exact) mass is 303 g/mol. The summed E-state index contributed by atoms with van der Waals surface area (Å²) in [6, 6.07) is 14.0.